The van der Waals surface area contributed by atoms with Gasteiger partial charge in [0.2, 0.25) is 0 Å². The molecule has 0 heterocycles. The Kier molecular flexibility index (Phi) is 23.6. The molecule has 0 saturated carbocycles. The molecule has 0 aliphatic heterocycles. The van der Waals surface area contributed by atoms with Gasteiger partial charge in [0.1, 0.15) is 6.10 Å². The van der Waals surface area contributed by atoms with Crippen molar-refractivity contribution in [3.63, 3.8) is 0 Å². The quantitative estimate of drug-likeness (QED) is 0.139. The van der Waals surface area contributed by atoms with Crippen LogP contribution in [0.1, 0.15) is 96.8 Å². The first-order chi connectivity index (χ1) is 14.3. The third kappa shape index (κ3) is 29.2. The van der Waals surface area contributed by atoms with Crippen molar-refractivity contribution in [2.45, 2.75) is 103 Å². The number of unbranched alkanes of at least 4 members (excludes halogenated alkanes) is 11. The third-order valence-electron chi connectivity index (χ3n) is 4.26. The van der Waals surface area contributed by atoms with E-state index in [0.29, 0.717) is 6.42 Å². The van der Waals surface area contributed by atoms with Crippen molar-refractivity contribution in [2.75, 3.05) is 13.2 Å². The second-order valence-corrected chi connectivity index (χ2v) is 8.26. The lowest BCUT2D eigenvalue weighted by atomic mass is 10.1. The van der Waals surface area contributed by atoms with E-state index < -0.39 is 22.5 Å². The van der Waals surface area contributed by atoms with Crippen LogP contribution in [0.25, 0.3) is 0 Å². The first-order valence-electron chi connectivity index (χ1n) is 11.0. The van der Waals surface area contributed by atoms with Gasteiger partial charge in [0, 0.05) is 6.42 Å². The first kappa shape index (κ1) is 31.2. The topological polar surface area (TPSA) is 141 Å². The third-order valence-corrected chi connectivity index (χ3v) is 4.66. The van der Waals surface area contributed by atoms with Crippen molar-refractivity contribution in [1.29, 1.82) is 0 Å². The smallest absolute Gasteiger partial charge is 0.394 e. The lowest BCUT2D eigenvalue weighted by Crippen LogP contribution is -2.15. The van der Waals surface area contributed by atoms with Gasteiger partial charge in [-0.1, -0.05) is 70.4 Å². The molecular formula is C21H42O8S. The molecule has 0 aromatic rings. The Hall–Kier alpha value is -1.00. The van der Waals surface area contributed by atoms with Gasteiger partial charge in [-0.3, -0.25) is 9.35 Å². The van der Waals surface area contributed by atoms with Crippen molar-refractivity contribution in [2.24, 2.45) is 0 Å². The van der Waals surface area contributed by atoms with Gasteiger partial charge in [0.05, 0.1) is 13.2 Å². The molecule has 180 valence electrons. The zero-order valence-electron chi connectivity index (χ0n) is 18.4. The van der Waals surface area contributed by atoms with E-state index in [1.807, 2.05) is 0 Å². The highest BCUT2D eigenvalue weighted by Crippen LogP contribution is 2.10. The van der Waals surface area contributed by atoms with Crippen molar-refractivity contribution in [1.82, 2.24) is 0 Å². The Morgan fingerprint density at radius 2 is 1.27 bits per heavy atom. The van der Waals surface area contributed by atoms with E-state index in [1.54, 1.807) is 0 Å². The van der Waals surface area contributed by atoms with Crippen LogP contribution in [0.4, 0.5) is 0 Å². The lowest BCUT2D eigenvalue weighted by molar-refractivity contribution is -0.134. The van der Waals surface area contributed by atoms with Crippen molar-refractivity contribution >= 4 is 16.4 Å². The number of aliphatic hydroxyl groups is 3. The van der Waals surface area contributed by atoms with Crippen LogP contribution in [0.3, 0.4) is 0 Å². The SMILES string of the molecule is CCCCCCCC/C=C\CCCCCCCC(=O)OS(=O)(=O)O.OCC(O)CO. The van der Waals surface area contributed by atoms with E-state index in [9.17, 15) is 13.2 Å². The molecule has 0 bridgehead atoms. The molecule has 0 aromatic heterocycles. The number of hydrogen-bond donors (Lipinski definition) is 4. The monoisotopic (exact) mass is 454 g/mol. The molecule has 0 aromatic carbocycles. The summed E-state index contributed by atoms with van der Waals surface area (Å²) in [6.45, 7) is 1.51. The Morgan fingerprint density at radius 3 is 1.67 bits per heavy atom. The molecule has 30 heavy (non-hydrogen) atoms. The summed E-state index contributed by atoms with van der Waals surface area (Å²) < 4.78 is 32.8. The van der Waals surface area contributed by atoms with Gasteiger partial charge in [-0.25, -0.2) is 0 Å². The highest BCUT2D eigenvalue weighted by molar-refractivity contribution is 7.81. The highest BCUT2D eigenvalue weighted by atomic mass is 32.3. The number of hydrogen-bond acceptors (Lipinski definition) is 7. The predicted octanol–water partition coefficient (Wildman–Crippen LogP) is 3.70. The Balaban J connectivity index is 0. The zero-order chi connectivity index (χ0) is 23.1. The molecule has 4 N–H and O–H groups in total. The van der Waals surface area contributed by atoms with Crippen molar-refractivity contribution in [3.8, 4) is 0 Å². The maximum Gasteiger partial charge on any atom is 0.448 e. The summed E-state index contributed by atoms with van der Waals surface area (Å²) in [4.78, 5) is 11.0. The Bertz CT molecular complexity index is 501. The molecule has 0 aliphatic carbocycles. The first-order valence-corrected chi connectivity index (χ1v) is 12.4. The normalized spacial score (nSPS) is 11.5. The van der Waals surface area contributed by atoms with Gasteiger partial charge in [0.25, 0.3) is 0 Å². The summed E-state index contributed by atoms with van der Waals surface area (Å²) in [5.74, 6) is -0.893. The van der Waals surface area contributed by atoms with E-state index >= 15 is 0 Å². The van der Waals surface area contributed by atoms with E-state index in [2.05, 4.69) is 23.3 Å². The number of rotatable bonds is 18. The molecule has 8 nitrogen and oxygen atoms in total. The standard InChI is InChI=1S/C18H34O5S.C3H8O3/c1-2-3-4-5-6-7-8-9-10-11-12-13-14-15-16-17-18(19)23-24(20,21)22;4-1-3(6)2-5/h9-10H,2-8,11-17H2,1H3,(H,20,21,22);3-6H,1-2H2/b10-9-;. The fraction of sp³-hybridized carbons (Fsp3) is 0.857. The highest BCUT2D eigenvalue weighted by Gasteiger charge is 2.12. The van der Waals surface area contributed by atoms with Crippen LogP contribution in [0.2, 0.25) is 0 Å². The van der Waals surface area contributed by atoms with Crippen LogP contribution in [-0.4, -0.2) is 53.6 Å². The molecule has 9 heteroatoms. The molecule has 0 saturated heterocycles. The second-order valence-electron chi connectivity index (χ2n) is 7.24. The summed E-state index contributed by atoms with van der Waals surface area (Å²) >= 11 is 0. The van der Waals surface area contributed by atoms with Crippen LogP contribution in [0.5, 0.6) is 0 Å². The molecule has 0 rings (SSSR count). The molecule has 0 atom stereocenters. The van der Waals surface area contributed by atoms with Crippen molar-refractivity contribution in [3.05, 3.63) is 12.2 Å². The number of allylic oxidation sites excluding steroid dienone is 2. The fourth-order valence-corrected chi connectivity index (χ4v) is 2.88. The molecule has 0 fully saturated rings. The maximum absolute atomic E-state index is 11.0. The average Bonchev–Trinajstić information content (AvgIpc) is 2.69. The number of carbonyl (C=O) groups excluding carboxylic acids is 1. The van der Waals surface area contributed by atoms with Gasteiger partial charge in [0.15, 0.2) is 0 Å². The van der Waals surface area contributed by atoms with E-state index in [1.165, 1.54) is 44.9 Å². The molecule has 0 aliphatic rings. The van der Waals surface area contributed by atoms with Gasteiger partial charge in [-0.05, 0) is 32.1 Å². The van der Waals surface area contributed by atoms with Crippen LogP contribution >= 0.6 is 0 Å². The summed E-state index contributed by atoms with van der Waals surface area (Å²) in [5.41, 5.74) is 0. The fourth-order valence-electron chi connectivity index (χ4n) is 2.56. The minimum atomic E-state index is -4.65. The average molecular weight is 455 g/mol. The second kappa shape index (κ2) is 22.7. The lowest BCUT2D eigenvalue weighted by Gasteiger charge is -2.01. The summed E-state index contributed by atoms with van der Waals surface area (Å²) in [5, 5.41) is 24.0. The summed E-state index contributed by atoms with van der Waals surface area (Å²) in [7, 11) is -4.65. The number of aliphatic hydroxyl groups excluding tert-OH is 3. The summed E-state index contributed by atoms with van der Waals surface area (Å²) in [6.07, 6.45) is 18.6. The molecule has 0 spiro atoms. The van der Waals surface area contributed by atoms with E-state index in [-0.39, 0.29) is 19.6 Å². The van der Waals surface area contributed by atoms with Crippen LogP contribution in [0.15, 0.2) is 12.2 Å². The largest absolute Gasteiger partial charge is 0.448 e. The van der Waals surface area contributed by atoms with Gasteiger partial charge in [-0.15, -0.1) is 0 Å². The van der Waals surface area contributed by atoms with Gasteiger partial charge in [-0.2, -0.15) is 8.42 Å². The molecule has 0 unspecified atom stereocenters. The van der Waals surface area contributed by atoms with Crippen molar-refractivity contribution < 1.29 is 37.3 Å². The zero-order valence-corrected chi connectivity index (χ0v) is 19.2. The molecular weight excluding hydrogens is 412 g/mol. The van der Waals surface area contributed by atoms with Crippen LogP contribution < -0.4 is 0 Å². The van der Waals surface area contributed by atoms with Crippen LogP contribution in [0, 0.1) is 0 Å². The summed E-state index contributed by atoms with van der Waals surface area (Å²) in [6, 6.07) is 0. The minimum absolute atomic E-state index is 0.0257. The molecule has 0 radical (unpaired) electrons. The van der Waals surface area contributed by atoms with Gasteiger partial charge >= 0.3 is 16.4 Å². The Morgan fingerprint density at radius 1 is 0.833 bits per heavy atom. The van der Waals surface area contributed by atoms with E-state index in [0.717, 1.165) is 32.1 Å². The van der Waals surface area contributed by atoms with E-state index in [4.69, 9.17) is 19.9 Å². The predicted molar refractivity (Wildman–Crippen MR) is 117 cm³/mol. The Labute approximate surface area is 182 Å². The maximum atomic E-state index is 11.0. The minimum Gasteiger partial charge on any atom is -0.394 e. The van der Waals surface area contributed by atoms with Crippen LogP contribution in [-0.2, 0) is 19.4 Å². The van der Waals surface area contributed by atoms with Gasteiger partial charge < -0.3 is 19.5 Å². The molecule has 0 amide bonds. The number of carbonyl (C=O) groups is 1.